The molecule has 0 N–H and O–H groups in total. The van der Waals surface area contributed by atoms with Gasteiger partial charge in [-0.1, -0.05) is 41.7 Å². The number of fused-ring (bicyclic) bond motifs is 1. The van der Waals surface area contributed by atoms with Crippen LogP contribution in [0.3, 0.4) is 0 Å². The Morgan fingerprint density at radius 2 is 1.96 bits per heavy atom. The molecular weight excluding hydrogens is 310 g/mol. The summed E-state index contributed by atoms with van der Waals surface area (Å²) < 4.78 is 1.62. The molecule has 6 heteroatoms. The van der Waals surface area contributed by atoms with Crippen LogP contribution in [0, 0.1) is 5.92 Å². The molecule has 3 rings (SSSR count). The van der Waals surface area contributed by atoms with Gasteiger partial charge in [-0.2, -0.15) is 9.47 Å². The molecule has 0 fully saturated rings. The molecule has 5 nitrogen and oxygen atoms in total. The minimum atomic E-state index is -0.647. The van der Waals surface area contributed by atoms with E-state index < -0.39 is 5.92 Å². The van der Waals surface area contributed by atoms with Gasteiger partial charge in [0.1, 0.15) is 12.7 Å². The molecular formula is C17H20N3O2S+. The first kappa shape index (κ1) is 15.8. The number of anilines is 1. The largest absolute Gasteiger partial charge is 0.351 e. The van der Waals surface area contributed by atoms with E-state index in [4.69, 9.17) is 0 Å². The van der Waals surface area contributed by atoms with Crippen LogP contribution in [-0.4, -0.2) is 43.9 Å². The molecule has 2 aromatic rings. The summed E-state index contributed by atoms with van der Waals surface area (Å²) in [6.45, 7) is 1.35. The monoisotopic (exact) mass is 330 g/mol. The number of rotatable bonds is 5. The van der Waals surface area contributed by atoms with Crippen molar-refractivity contribution in [1.29, 1.82) is 0 Å². The third-order valence-corrected chi connectivity index (χ3v) is 4.86. The fraction of sp³-hybridized carbons (Fsp3) is 0.353. The molecule has 1 aliphatic heterocycles. The Hall–Kier alpha value is -2.05. The van der Waals surface area contributed by atoms with Crippen molar-refractivity contribution in [3.63, 3.8) is 0 Å². The van der Waals surface area contributed by atoms with Crippen LogP contribution in [-0.2, 0) is 11.2 Å². The van der Waals surface area contributed by atoms with E-state index in [-0.39, 0.29) is 11.8 Å². The van der Waals surface area contributed by atoms with Crippen molar-refractivity contribution >= 4 is 28.3 Å². The van der Waals surface area contributed by atoms with Gasteiger partial charge in [-0.3, -0.25) is 0 Å². The number of thiazole rings is 1. The van der Waals surface area contributed by atoms with Crippen LogP contribution in [0.5, 0.6) is 0 Å². The van der Waals surface area contributed by atoms with Crippen molar-refractivity contribution in [2.45, 2.75) is 6.42 Å². The maximum absolute atomic E-state index is 12.9. The Labute approximate surface area is 139 Å². The molecule has 0 saturated heterocycles. The SMILES string of the molecule is CN(C)CCN1C(=O)C(Cc2ccccc2)C(=O)[n+]2ccsc21. The number of likely N-dealkylation sites (N-methyl/N-ethyl adjacent to an activating group) is 1. The van der Waals surface area contributed by atoms with E-state index in [0.717, 1.165) is 12.1 Å². The molecule has 0 aliphatic carbocycles. The average molecular weight is 330 g/mol. The molecule has 0 saturated carbocycles. The van der Waals surface area contributed by atoms with Crippen LogP contribution in [0.4, 0.5) is 5.13 Å². The zero-order chi connectivity index (χ0) is 16.4. The second-order valence-electron chi connectivity index (χ2n) is 5.93. The first-order chi connectivity index (χ1) is 11.1. The van der Waals surface area contributed by atoms with E-state index in [9.17, 15) is 9.59 Å². The minimum Gasteiger partial charge on any atom is -0.305 e. The molecule has 1 atom stereocenters. The maximum Gasteiger partial charge on any atom is 0.351 e. The second-order valence-corrected chi connectivity index (χ2v) is 6.80. The molecule has 0 bridgehead atoms. The number of carbonyl (C=O) groups is 2. The molecule has 23 heavy (non-hydrogen) atoms. The normalized spacial score (nSPS) is 17.7. The predicted octanol–water partition coefficient (Wildman–Crippen LogP) is 1.44. The van der Waals surface area contributed by atoms with E-state index in [1.54, 1.807) is 15.7 Å². The number of amides is 1. The first-order valence-electron chi connectivity index (χ1n) is 7.61. The smallest absolute Gasteiger partial charge is 0.305 e. The van der Waals surface area contributed by atoms with Crippen LogP contribution in [0.2, 0.25) is 0 Å². The van der Waals surface area contributed by atoms with Gasteiger partial charge in [0.05, 0.1) is 0 Å². The van der Waals surface area contributed by atoms with Crippen molar-refractivity contribution in [2.75, 3.05) is 32.1 Å². The third-order valence-electron chi connectivity index (χ3n) is 3.97. The second kappa shape index (κ2) is 6.60. The van der Waals surface area contributed by atoms with E-state index >= 15 is 0 Å². The predicted molar refractivity (Wildman–Crippen MR) is 89.7 cm³/mol. The lowest BCUT2D eigenvalue weighted by atomic mass is 9.96. The number of benzene rings is 1. The van der Waals surface area contributed by atoms with Gasteiger partial charge < -0.3 is 4.90 Å². The summed E-state index contributed by atoms with van der Waals surface area (Å²) in [5.41, 5.74) is 1.01. The van der Waals surface area contributed by atoms with Gasteiger partial charge in [-0.25, -0.2) is 9.59 Å². The zero-order valence-corrected chi connectivity index (χ0v) is 14.1. The lowest BCUT2D eigenvalue weighted by Gasteiger charge is -2.24. The summed E-state index contributed by atoms with van der Waals surface area (Å²) in [5, 5.41) is 2.57. The highest BCUT2D eigenvalue weighted by molar-refractivity contribution is 7.13. The quantitative estimate of drug-likeness (QED) is 0.616. The van der Waals surface area contributed by atoms with Gasteiger partial charge in [-0.05, 0) is 26.1 Å². The molecule has 1 amide bonds. The van der Waals surface area contributed by atoms with E-state index in [0.29, 0.717) is 18.1 Å². The van der Waals surface area contributed by atoms with Gasteiger partial charge in [0.25, 0.3) is 0 Å². The Bertz CT molecular complexity index is 712. The summed E-state index contributed by atoms with van der Waals surface area (Å²) in [4.78, 5) is 29.4. The van der Waals surface area contributed by atoms with E-state index in [1.165, 1.54) is 11.3 Å². The lowest BCUT2D eigenvalue weighted by molar-refractivity contribution is -0.560. The topological polar surface area (TPSA) is 44.5 Å². The molecule has 1 aromatic carbocycles. The van der Waals surface area contributed by atoms with Gasteiger partial charge in [0, 0.05) is 11.9 Å². The molecule has 120 valence electrons. The number of nitrogens with zero attached hydrogens (tertiary/aromatic N) is 3. The fourth-order valence-corrected chi connectivity index (χ4v) is 3.60. The van der Waals surface area contributed by atoms with Crippen LogP contribution in [0.25, 0.3) is 0 Å². The average Bonchev–Trinajstić information content (AvgIpc) is 3.02. The van der Waals surface area contributed by atoms with Crippen LogP contribution >= 0.6 is 11.3 Å². The lowest BCUT2D eigenvalue weighted by Crippen LogP contribution is -2.61. The summed E-state index contributed by atoms with van der Waals surface area (Å²) >= 11 is 1.43. The van der Waals surface area contributed by atoms with Crippen molar-refractivity contribution < 1.29 is 14.2 Å². The van der Waals surface area contributed by atoms with Crippen LogP contribution < -0.4 is 9.47 Å². The van der Waals surface area contributed by atoms with Crippen molar-refractivity contribution in [3.8, 4) is 0 Å². The molecule has 0 radical (unpaired) electrons. The summed E-state index contributed by atoms with van der Waals surface area (Å²) in [5.74, 6) is -0.869. The van der Waals surface area contributed by atoms with Gasteiger partial charge in [0.2, 0.25) is 0 Å². The number of hydrogen-bond acceptors (Lipinski definition) is 4. The number of hydrogen-bond donors (Lipinski definition) is 0. The highest BCUT2D eigenvalue weighted by Crippen LogP contribution is 2.25. The van der Waals surface area contributed by atoms with Gasteiger partial charge in [-0.15, -0.1) is 0 Å². The maximum atomic E-state index is 12.9. The van der Waals surface area contributed by atoms with Crippen LogP contribution in [0.15, 0.2) is 41.9 Å². The van der Waals surface area contributed by atoms with Crippen molar-refractivity contribution in [1.82, 2.24) is 4.90 Å². The summed E-state index contributed by atoms with van der Waals surface area (Å²) in [6, 6.07) is 9.71. The molecule has 1 unspecified atom stereocenters. The minimum absolute atomic E-state index is 0.0943. The van der Waals surface area contributed by atoms with E-state index in [1.807, 2.05) is 54.7 Å². The summed E-state index contributed by atoms with van der Waals surface area (Å²) in [7, 11) is 3.95. The van der Waals surface area contributed by atoms with Crippen LogP contribution in [0.1, 0.15) is 10.4 Å². The van der Waals surface area contributed by atoms with E-state index in [2.05, 4.69) is 0 Å². The Morgan fingerprint density at radius 3 is 2.65 bits per heavy atom. The van der Waals surface area contributed by atoms with Gasteiger partial charge in [0.15, 0.2) is 5.92 Å². The fourth-order valence-electron chi connectivity index (χ4n) is 2.72. The van der Waals surface area contributed by atoms with Gasteiger partial charge >= 0.3 is 16.9 Å². The molecule has 1 aromatic heterocycles. The summed E-state index contributed by atoms with van der Waals surface area (Å²) in [6.07, 6.45) is 2.20. The highest BCUT2D eigenvalue weighted by atomic mass is 32.1. The highest BCUT2D eigenvalue weighted by Gasteiger charge is 2.47. The molecule has 1 aliphatic rings. The number of aromatic nitrogens is 1. The Morgan fingerprint density at radius 1 is 1.22 bits per heavy atom. The molecule has 0 spiro atoms. The number of carbonyl (C=O) groups excluding carboxylic acids is 2. The van der Waals surface area contributed by atoms with Crippen molar-refractivity contribution in [3.05, 3.63) is 47.5 Å². The standard InChI is InChI=1S/C17H20N3O2S/c1-18(2)8-9-19-15(21)14(12-13-6-4-3-5-7-13)16(22)20-10-11-23-17(19)20/h3-7,10-11,14H,8-9,12H2,1-2H3/q+1. The van der Waals surface area contributed by atoms with Crippen molar-refractivity contribution in [2.24, 2.45) is 5.92 Å². The Kier molecular flexibility index (Phi) is 4.54. The molecule has 2 heterocycles. The zero-order valence-electron chi connectivity index (χ0n) is 13.3. The Balaban J connectivity index is 1.89. The third kappa shape index (κ3) is 3.18. The first-order valence-corrected chi connectivity index (χ1v) is 8.49.